The van der Waals surface area contributed by atoms with Crippen LogP contribution < -0.4 is 10.1 Å². The Bertz CT molecular complexity index is 1030. The van der Waals surface area contributed by atoms with Crippen LogP contribution in [0.4, 0.5) is 0 Å². The number of benzene rings is 2. The van der Waals surface area contributed by atoms with Crippen molar-refractivity contribution in [1.82, 2.24) is 9.62 Å². The van der Waals surface area contributed by atoms with E-state index >= 15 is 0 Å². The van der Waals surface area contributed by atoms with Crippen molar-refractivity contribution in [2.45, 2.75) is 49.8 Å². The first-order valence-corrected chi connectivity index (χ1v) is 13.3. The van der Waals surface area contributed by atoms with Gasteiger partial charge < -0.3 is 10.1 Å². The minimum Gasteiger partial charge on any atom is -0.497 e. The molecule has 180 valence electrons. The van der Waals surface area contributed by atoms with Crippen molar-refractivity contribution < 1.29 is 17.9 Å². The molecular formula is C25H33ClN2O4S. The van der Waals surface area contributed by atoms with Crippen LogP contribution in [0.3, 0.4) is 0 Å². The molecule has 1 amide bonds. The second kappa shape index (κ2) is 10.9. The molecule has 0 spiro atoms. The van der Waals surface area contributed by atoms with Crippen molar-refractivity contribution in [3.05, 3.63) is 59.1 Å². The van der Waals surface area contributed by atoms with Crippen LogP contribution in [0.15, 0.2) is 53.4 Å². The number of hydrogen-bond acceptors (Lipinski definition) is 4. The molecule has 0 atom stereocenters. The molecule has 0 saturated carbocycles. The van der Waals surface area contributed by atoms with Gasteiger partial charge in [0.05, 0.1) is 12.0 Å². The number of nitrogens with zero attached hydrogens (tertiary/aromatic N) is 1. The van der Waals surface area contributed by atoms with Crippen LogP contribution in [0.5, 0.6) is 5.75 Å². The van der Waals surface area contributed by atoms with Crippen LogP contribution in [-0.4, -0.2) is 45.4 Å². The third kappa shape index (κ3) is 5.70. The minimum absolute atomic E-state index is 0.00302. The van der Waals surface area contributed by atoms with E-state index in [1.54, 1.807) is 31.4 Å². The molecule has 3 rings (SSSR count). The third-order valence-corrected chi connectivity index (χ3v) is 9.10. The summed E-state index contributed by atoms with van der Waals surface area (Å²) in [6, 6.07) is 14.2. The van der Waals surface area contributed by atoms with E-state index in [4.69, 9.17) is 16.3 Å². The molecule has 1 fully saturated rings. The van der Waals surface area contributed by atoms with Crippen LogP contribution in [0, 0.1) is 5.92 Å². The van der Waals surface area contributed by atoms with Crippen LogP contribution in [0.1, 0.15) is 45.1 Å². The number of carbonyl (C=O) groups excluding carboxylic acids is 1. The van der Waals surface area contributed by atoms with Crippen molar-refractivity contribution in [2.75, 3.05) is 26.7 Å². The number of nitrogens with one attached hydrogen (secondary N) is 1. The molecule has 33 heavy (non-hydrogen) atoms. The second-order valence-corrected chi connectivity index (χ2v) is 10.9. The monoisotopic (exact) mass is 492 g/mol. The zero-order valence-corrected chi connectivity index (χ0v) is 21.1. The molecule has 0 unspecified atom stereocenters. The second-order valence-electron chi connectivity index (χ2n) is 8.57. The maximum absolute atomic E-state index is 13.0. The summed E-state index contributed by atoms with van der Waals surface area (Å²) in [5.41, 5.74) is 1.01. The van der Waals surface area contributed by atoms with Gasteiger partial charge in [-0.05, 0) is 67.6 Å². The fourth-order valence-corrected chi connectivity index (χ4v) is 6.07. The van der Waals surface area contributed by atoms with Crippen LogP contribution in [-0.2, 0) is 20.2 Å². The lowest BCUT2D eigenvalue weighted by Crippen LogP contribution is -2.46. The average Bonchev–Trinajstić information content (AvgIpc) is 2.85. The molecule has 1 N–H and O–H groups in total. The standard InChI is InChI=1S/C25H33ClN2O4S/c1-4-25(5-2,20-6-8-21(26)9-7-20)18-27-24(29)19-14-16-28(17-15-19)33(30,31)23-12-10-22(32-3)11-13-23/h6-13,19H,4-5,14-18H2,1-3H3,(H,27,29). The highest BCUT2D eigenvalue weighted by molar-refractivity contribution is 7.89. The molecule has 1 saturated heterocycles. The average molecular weight is 493 g/mol. The third-order valence-electron chi connectivity index (χ3n) is 6.93. The summed E-state index contributed by atoms with van der Waals surface area (Å²) in [6.07, 6.45) is 2.80. The van der Waals surface area contributed by atoms with Crippen molar-refractivity contribution in [2.24, 2.45) is 5.92 Å². The molecule has 8 heteroatoms. The first kappa shape index (κ1) is 25.5. The van der Waals surface area contributed by atoms with E-state index in [-0.39, 0.29) is 22.1 Å². The lowest BCUT2D eigenvalue weighted by atomic mass is 9.75. The van der Waals surface area contributed by atoms with Gasteiger partial charge in [0.15, 0.2) is 0 Å². The quantitative estimate of drug-likeness (QED) is 0.554. The number of amides is 1. The Morgan fingerprint density at radius 1 is 1.06 bits per heavy atom. The summed E-state index contributed by atoms with van der Waals surface area (Å²) >= 11 is 6.05. The van der Waals surface area contributed by atoms with Crippen LogP contribution in [0.25, 0.3) is 0 Å². The van der Waals surface area contributed by atoms with Gasteiger partial charge in [-0.2, -0.15) is 4.31 Å². The number of ether oxygens (including phenoxy) is 1. The molecule has 0 radical (unpaired) electrons. The molecule has 1 heterocycles. The number of halogens is 1. The Morgan fingerprint density at radius 2 is 1.64 bits per heavy atom. The summed E-state index contributed by atoms with van der Waals surface area (Å²) in [5, 5.41) is 3.85. The van der Waals surface area contributed by atoms with Gasteiger partial charge in [0.2, 0.25) is 15.9 Å². The highest BCUT2D eigenvalue weighted by atomic mass is 35.5. The molecule has 1 aliphatic rings. The van der Waals surface area contributed by atoms with Crippen molar-refractivity contribution in [1.29, 1.82) is 0 Å². The highest BCUT2D eigenvalue weighted by Crippen LogP contribution is 2.32. The maximum atomic E-state index is 13.0. The SMILES string of the molecule is CCC(CC)(CNC(=O)C1CCN(S(=O)(=O)c2ccc(OC)cc2)CC1)c1ccc(Cl)cc1. The van der Waals surface area contributed by atoms with Gasteiger partial charge in [0.25, 0.3) is 0 Å². The van der Waals surface area contributed by atoms with Gasteiger partial charge in [-0.15, -0.1) is 0 Å². The number of sulfonamides is 1. The van der Waals surface area contributed by atoms with Gasteiger partial charge >= 0.3 is 0 Å². The molecule has 6 nitrogen and oxygen atoms in total. The van der Waals surface area contributed by atoms with E-state index in [1.807, 2.05) is 24.3 Å². The Balaban J connectivity index is 1.59. The van der Waals surface area contributed by atoms with Crippen molar-refractivity contribution in [3.63, 3.8) is 0 Å². The van der Waals surface area contributed by atoms with Gasteiger partial charge in [0.1, 0.15) is 5.75 Å². The fraction of sp³-hybridized carbons (Fsp3) is 0.480. The summed E-state index contributed by atoms with van der Waals surface area (Å²) in [4.78, 5) is 13.2. The molecule has 0 aliphatic carbocycles. The van der Waals surface area contributed by atoms with Crippen LogP contribution >= 0.6 is 11.6 Å². The first-order chi connectivity index (χ1) is 15.8. The fourth-order valence-electron chi connectivity index (χ4n) is 4.47. The zero-order valence-electron chi connectivity index (χ0n) is 19.5. The van der Waals surface area contributed by atoms with Crippen molar-refractivity contribution in [3.8, 4) is 5.75 Å². The predicted octanol–water partition coefficient (Wildman–Crippen LogP) is 4.62. The molecule has 1 aliphatic heterocycles. The van der Waals surface area contributed by atoms with E-state index in [2.05, 4.69) is 19.2 Å². The van der Waals surface area contributed by atoms with Gasteiger partial charge in [-0.1, -0.05) is 37.6 Å². The Kier molecular flexibility index (Phi) is 8.43. The lowest BCUT2D eigenvalue weighted by molar-refractivity contribution is -0.126. The first-order valence-electron chi connectivity index (χ1n) is 11.4. The van der Waals surface area contributed by atoms with Gasteiger partial charge in [-0.3, -0.25) is 4.79 Å². The number of carbonyl (C=O) groups is 1. The molecule has 0 aromatic heterocycles. The number of piperidine rings is 1. The number of hydrogen-bond donors (Lipinski definition) is 1. The highest BCUT2D eigenvalue weighted by Gasteiger charge is 2.34. The molecule has 0 bridgehead atoms. The Morgan fingerprint density at radius 3 is 2.15 bits per heavy atom. The van der Waals surface area contributed by atoms with E-state index in [0.717, 1.165) is 18.4 Å². The Hall–Kier alpha value is -2.09. The number of methoxy groups -OCH3 is 1. The molecular weight excluding hydrogens is 460 g/mol. The summed E-state index contributed by atoms with van der Waals surface area (Å²) in [5.74, 6) is 0.416. The number of rotatable bonds is 9. The van der Waals surface area contributed by atoms with Gasteiger partial charge in [0, 0.05) is 36.0 Å². The summed E-state index contributed by atoms with van der Waals surface area (Å²) in [7, 11) is -2.04. The van der Waals surface area contributed by atoms with Crippen LogP contribution in [0.2, 0.25) is 5.02 Å². The largest absolute Gasteiger partial charge is 0.497 e. The zero-order chi connectivity index (χ0) is 24.1. The van der Waals surface area contributed by atoms with E-state index in [0.29, 0.717) is 43.2 Å². The Labute approximate surface area is 202 Å². The summed E-state index contributed by atoms with van der Waals surface area (Å²) < 4.78 is 32.5. The molecule has 2 aromatic carbocycles. The van der Waals surface area contributed by atoms with Gasteiger partial charge in [-0.25, -0.2) is 8.42 Å². The maximum Gasteiger partial charge on any atom is 0.243 e. The molecule has 2 aromatic rings. The normalized spacial score (nSPS) is 15.9. The topological polar surface area (TPSA) is 75.7 Å². The predicted molar refractivity (Wildman–Crippen MR) is 131 cm³/mol. The van der Waals surface area contributed by atoms with E-state index < -0.39 is 10.0 Å². The van der Waals surface area contributed by atoms with E-state index in [1.165, 1.54) is 4.31 Å². The smallest absolute Gasteiger partial charge is 0.243 e. The minimum atomic E-state index is -3.58. The summed E-state index contributed by atoms with van der Waals surface area (Å²) in [6.45, 7) is 5.47. The van der Waals surface area contributed by atoms with Crippen molar-refractivity contribution >= 4 is 27.5 Å². The van der Waals surface area contributed by atoms with E-state index in [9.17, 15) is 13.2 Å². The lowest BCUT2D eigenvalue weighted by Gasteiger charge is -2.34.